The summed E-state index contributed by atoms with van der Waals surface area (Å²) in [5.41, 5.74) is 4.58. The van der Waals surface area contributed by atoms with E-state index in [-0.39, 0.29) is 5.69 Å². The van der Waals surface area contributed by atoms with E-state index in [0.717, 1.165) is 16.8 Å². The van der Waals surface area contributed by atoms with Gasteiger partial charge in [0.15, 0.2) is 10.7 Å². The van der Waals surface area contributed by atoms with E-state index in [9.17, 15) is 4.79 Å². The summed E-state index contributed by atoms with van der Waals surface area (Å²) in [4.78, 5) is 20.6. The molecular weight excluding hydrogens is 308 g/mol. The largest absolute Gasteiger partial charge is 0.464 e. The zero-order valence-electron chi connectivity index (χ0n) is 12.5. The number of hydrogen-bond donors (Lipinski definition) is 0. The molecule has 0 bridgehead atoms. The van der Waals surface area contributed by atoms with Crippen LogP contribution in [-0.2, 0) is 4.74 Å². The molecule has 0 aliphatic carbocycles. The summed E-state index contributed by atoms with van der Waals surface area (Å²) in [5.74, 6) is -0.481. The Kier molecular flexibility index (Phi) is 4.59. The highest BCUT2D eigenvalue weighted by Gasteiger charge is 2.16. The highest BCUT2D eigenvalue weighted by molar-refractivity contribution is 7.14. The van der Waals surface area contributed by atoms with Crippen molar-refractivity contribution in [1.29, 1.82) is 0 Å². The van der Waals surface area contributed by atoms with Gasteiger partial charge in [-0.3, -0.25) is 0 Å². The van der Waals surface area contributed by atoms with Gasteiger partial charge in [0.05, 0.1) is 18.3 Å². The van der Waals surface area contributed by atoms with Crippen LogP contribution < -0.4 is 0 Å². The Morgan fingerprint density at radius 1 is 1.00 bits per heavy atom. The third kappa shape index (κ3) is 3.35. The number of nitrogens with zero attached hydrogens (tertiary/aromatic N) is 2. The molecule has 0 N–H and O–H groups in total. The first kappa shape index (κ1) is 15.1. The minimum Gasteiger partial charge on any atom is -0.464 e. The van der Waals surface area contributed by atoms with Crippen molar-refractivity contribution >= 4 is 28.0 Å². The molecule has 0 radical (unpaired) electrons. The molecule has 0 spiro atoms. The second-order valence-electron chi connectivity index (χ2n) is 4.69. The summed E-state index contributed by atoms with van der Waals surface area (Å²) in [5, 5.41) is 0.541. The molecule has 114 valence electrons. The summed E-state index contributed by atoms with van der Waals surface area (Å²) >= 11 is 1.31. The zero-order chi connectivity index (χ0) is 16.1. The molecule has 3 aromatic rings. The summed E-state index contributed by atoms with van der Waals surface area (Å²) in [6.45, 7) is 0. The number of hydrogen-bond acceptors (Lipinski definition) is 5. The summed E-state index contributed by atoms with van der Waals surface area (Å²) in [6, 6.07) is 19.7. The first-order chi connectivity index (χ1) is 11.3. The van der Waals surface area contributed by atoms with Crippen molar-refractivity contribution in [1.82, 2.24) is 4.98 Å². The number of benzene rings is 2. The van der Waals surface area contributed by atoms with Crippen LogP contribution in [0.3, 0.4) is 0 Å². The van der Waals surface area contributed by atoms with E-state index in [1.165, 1.54) is 18.4 Å². The van der Waals surface area contributed by atoms with Crippen molar-refractivity contribution < 1.29 is 9.53 Å². The van der Waals surface area contributed by atoms with Gasteiger partial charge in [-0.1, -0.05) is 60.7 Å². The molecule has 5 heteroatoms. The minimum absolute atomic E-state index is 0.238. The van der Waals surface area contributed by atoms with Gasteiger partial charge in [-0.2, -0.15) is 0 Å². The third-order valence-corrected chi connectivity index (χ3v) is 3.95. The second kappa shape index (κ2) is 6.98. The van der Waals surface area contributed by atoms with Crippen LogP contribution in [0.25, 0.3) is 0 Å². The van der Waals surface area contributed by atoms with Crippen molar-refractivity contribution in [2.24, 2.45) is 4.99 Å². The molecule has 0 saturated carbocycles. The fourth-order valence-corrected chi connectivity index (χ4v) is 2.79. The predicted octanol–water partition coefficient (Wildman–Crippen LogP) is 4.10. The first-order valence-electron chi connectivity index (χ1n) is 7.01. The molecule has 0 atom stereocenters. The molecule has 1 aromatic heterocycles. The quantitative estimate of drug-likeness (QED) is 0.537. The number of carbonyl (C=O) groups excluding carboxylic acids is 1. The van der Waals surface area contributed by atoms with Gasteiger partial charge in [-0.25, -0.2) is 14.8 Å². The number of ether oxygens (including phenoxy) is 1. The van der Waals surface area contributed by atoms with Crippen molar-refractivity contribution in [3.63, 3.8) is 0 Å². The molecule has 0 amide bonds. The Bertz CT molecular complexity index is 785. The van der Waals surface area contributed by atoms with E-state index in [0.29, 0.717) is 5.00 Å². The number of aromatic nitrogens is 1. The summed E-state index contributed by atoms with van der Waals surface area (Å²) in [6.07, 6.45) is 0. The molecule has 4 nitrogen and oxygen atoms in total. The maximum atomic E-state index is 11.8. The van der Waals surface area contributed by atoms with Crippen molar-refractivity contribution in [2.75, 3.05) is 7.11 Å². The lowest BCUT2D eigenvalue weighted by Crippen LogP contribution is -2.05. The molecule has 2 aromatic carbocycles. The molecule has 1 heterocycles. The van der Waals surface area contributed by atoms with Crippen LogP contribution in [0.1, 0.15) is 21.6 Å². The Morgan fingerprint density at radius 2 is 1.57 bits per heavy atom. The van der Waals surface area contributed by atoms with Gasteiger partial charge < -0.3 is 4.74 Å². The minimum atomic E-state index is -0.481. The van der Waals surface area contributed by atoms with Gasteiger partial charge in [-0.15, -0.1) is 11.3 Å². The highest BCUT2D eigenvalue weighted by Crippen LogP contribution is 2.27. The molecule has 0 fully saturated rings. The number of esters is 1. The summed E-state index contributed by atoms with van der Waals surface area (Å²) < 4.78 is 4.76. The normalized spacial score (nSPS) is 10.1. The Balaban J connectivity index is 2.13. The second-order valence-corrected chi connectivity index (χ2v) is 5.52. The van der Waals surface area contributed by atoms with Gasteiger partial charge in [0, 0.05) is 11.1 Å². The molecule has 0 unspecified atom stereocenters. The fraction of sp³-hybridized carbons (Fsp3) is 0.0556. The lowest BCUT2D eigenvalue weighted by molar-refractivity contribution is 0.0596. The van der Waals surface area contributed by atoms with Crippen LogP contribution in [-0.4, -0.2) is 23.8 Å². The summed E-state index contributed by atoms with van der Waals surface area (Å²) in [7, 11) is 1.34. The third-order valence-electron chi connectivity index (χ3n) is 3.24. The van der Waals surface area contributed by atoms with Crippen molar-refractivity contribution in [2.45, 2.75) is 0 Å². The Morgan fingerprint density at radius 3 is 2.09 bits per heavy atom. The van der Waals surface area contributed by atoms with Gasteiger partial charge in [-0.05, 0) is 0 Å². The van der Waals surface area contributed by atoms with Crippen LogP contribution in [0.15, 0.2) is 71.2 Å². The van der Waals surface area contributed by atoms with Crippen LogP contribution in [0.4, 0.5) is 5.00 Å². The maximum absolute atomic E-state index is 11.8. The Hall–Kier alpha value is -2.79. The van der Waals surface area contributed by atoms with Crippen molar-refractivity contribution in [3.05, 3.63) is 83.0 Å². The molecule has 0 aliphatic heterocycles. The van der Waals surface area contributed by atoms with E-state index in [1.807, 2.05) is 60.7 Å². The predicted molar refractivity (Wildman–Crippen MR) is 91.6 cm³/mol. The number of methoxy groups -OCH3 is 1. The van der Waals surface area contributed by atoms with E-state index in [2.05, 4.69) is 4.98 Å². The van der Waals surface area contributed by atoms with Gasteiger partial charge in [0.2, 0.25) is 0 Å². The van der Waals surface area contributed by atoms with Gasteiger partial charge in [0.25, 0.3) is 0 Å². The lowest BCUT2D eigenvalue weighted by Gasteiger charge is -2.07. The highest BCUT2D eigenvalue weighted by atomic mass is 32.1. The van der Waals surface area contributed by atoms with Gasteiger partial charge in [0.1, 0.15) is 0 Å². The molecule has 3 rings (SSSR count). The standard InChI is InChI=1S/C18H14N2O2S/c1-22-18(21)16-17(23-12-19-16)20-15(13-8-4-2-5-9-13)14-10-6-3-7-11-14/h2-12H,1H3. The zero-order valence-corrected chi connectivity index (χ0v) is 13.3. The van der Waals surface area contributed by atoms with E-state index in [1.54, 1.807) is 5.51 Å². The van der Waals surface area contributed by atoms with E-state index >= 15 is 0 Å². The monoisotopic (exact) mass is 322 g/mol. The molecular formula is C18H14N2O2S. The average Bonchev–Trinajstić information content (AvgIpc) is 3.09. The molecule has 23 heavy (non-hydrogen) atoms. The molecule has 0 aliphatic rings. The van der Waals surface area contributed by atoms with Crippen LogP contribution in [0.5, 0.6) is 0 Å². The topological polar surface area (TPSA) is 51.5 Å². The number of aliphatic imine (C=N–C) groups is 1. The Labute approximate surface area is 138 Å². The maximum Gasteiger partial charge on any atom is 0.359 e. The van der Waals surface area contributed by atoms with E-state index in [4.69, 9.17) is 9.73 Å². The number of carbonyl (C=O) groups is 1. The van der Waals surface area contributed by atoms with E-state index < -0.39 is 5.97 Å². The smallest absolute Gasteiger partial charge is 0.359 e. The van der Waals surface area contributed by atoms with Crippen molar-refractivity contribution in [3.8, 4) is 0 Å². The van der Waals surface area contributed by atoms with Crippen LogP contribution in [0, 0.1) is 0 Å². The SMILES string of the molecule is COC(=O)c1ncsc1N=C(c1ccccc1)c1ccccc1. The lowest BCUT2D eigenvalue weighted by atomic mass is 10.0. The fourth-order valence-electron chi connectivity index (χ4n) is 2.15. The van der Waals surface area contributed by atoms with Crippen LogP contribution >= 0.6 is 11.3 Å². The van der Waals surface area contributed by atoms with Crippen LogP contribution in [0.2, 0.25) is 0 Å². The first-order valence-corrected chi connectivity index (χ1v) is 7.89. The number of rotatable bonds is 4. The molecule has 0 saturated heterocycles. The average molecular weight is 322 g/mol. The number of thiazole rings is 1. The van der Waals surface area contributed by atoms with Gasteiger partial charge >= 0.3 is 5.97 Å².